The number of alkyl halides is 3. The molecule has 6 heteroatoms. The van der Waals surface area contributed by atoms with Crippen molar-refractivity contribution >= 4 is 11.4 Å². The molecule has 1 N–H and O–H groups in total. The van der Waals surface area contributed by atoms with Crippen LogP contribution < -0.4 is 4.72 Å². The highest BCUT2D eigenvalue weighted by atomic mass is 32.2. The van der Waals surface area contributed by atoms with E-state index in [1.165, 1.54) is 12.1 Å². The third kappa shape index (κ3) is 3.70. The Kier molecular flexibility index (Phi) is 4.64. The van der Waals surface area contributed by atoms with Crippen LogP contribution in [0.4, 0.5) is 13.2 Å². The summed E-state index contributed by atoms with van der Waals surface area (Å²) < 4.78 is 50.9. The Morgan fingerprint density at radius 3 is 2.25 bits per heavy atom. The van der Waals surface area contributed by atoms with E-state index in [2.05, 4.69) is 4.72 Å². The Labute approximate surface area is 95.2 Å². The van der Waals surface area contributed by atoms with Crippen LogP contribution >= 0.6 is 0 Å². The average molecular weight is 251 g/mol. The number of nitrogens with one attached hydrogen (secondary N) is 1. The molecular weight excluding hydrogens is 239 g/mol. The second-order valence-electron chi connectivity index (χ2n) is 3.19. The Hall–Kier alpha value is -0.720. The highest BCUT2D eigenvalue weighted by Gasteiger charge is 2.30. The van der Waals surface area contributed by atoms with E-state index in [-0.39, 0.29) is 0 Å². The SMILES string of the molecule is CCCN[S+]([O-])c1ccc(C(F)(F)F)cc1. The van der Waals surface area contributed by atoms with E-state index in [1.54, 1.807) is 0 Å². The van der Waals surface area contributed by atoms with Crippen LogP contribution in [0.5, 0.6) is 0 Å². The van der Waals surface area contributed by atoms with Gasteiger partial charge in [0.2, 0.25) is 0 Å². The van der Waals surface area contributed by atoms with E-state index in [9.17, 15) is 17.7 Å². The zero-order valence-corrected chi connectivity index (χ0v) is 9.49. The van der Waals surface area contributed by atoms with Crippen LogP contribution in [0.15, 0.2) is 29.2 Å². The van der Waals surface area contributed by atoms with Gasteiger partial charge in [-0.3, -0.25) is 0 Å². The molecule has 0 bridgehead atoms. The van der Waals surface area contributed by atoms with E-state index >= 15 is 0 Å². The Bertz CT molecular complexity index is 326. The lowest BCUT2D eigenvalue weighted by atomic mass is 10.2. The molecule has 0 saturated carbocycles. The summed E-state index contributed by atoms with van der Waals surface area (Å²) in [6, 6.07) is 4.31. The summed E-state index contributed by atoms with van der Waals surface area (Å²) in [5, 5.41) is 0. The summed E-state index contributed by atoms with van der Waals surface area (Å²) in [7, 11) is 0. The van der Waals surface area contributed by atoms with Gasteiger partial charge in [0.1, 0.15) is 0 Å². The number of benzene rings is 1. The molecule has 1 unspecified atom stereocenters. The fourth-order valence-corrected chi connectivity index (χ4v) is 1.99. The molecule has 1 atom stereocenters. The van der Waals surface area contributed by atoms with Gasteiger partial charge in [0, 0.05) is 6.54 Å². The average Bonchev–Trinajstić information content (AvgIpc) is 2.25. The van der Waals surface area contributed by atoms with Crippen molar-refractivity contribution in [1.82, 2.24) is 4.72 Å². The summed E-state index contributed by atoms with van der Waals surface area (Å²) in [6.07, 6.45) is -3.54. The first-order valence-corrected chi connectivity index (χ1v) is 5.92. The number of rotatable bonds is 4. The van der Waals surface area contributed by atoms with Gasteiger partial charge in [-0.15, -0.1) is 4.72 Å². The molecule has 0 heterocycles. The third-order valence-corrected chi connectivity index (χ3v) is 3.05. The van der Waals surface area contributed by atoms with Gasteiger partial charge in [-0.25, -0.2) is 0 Å². The second-order valence-corrected chi connectivity index (χ2v) is 4.48. The van der Waals surface area contributed by atoms with Crippen molar-refractivity contribution in [3.05, 3.63) is 29.8 Å². The maximum Gasteiger partial charge on any atom is 0.416 e. The van der Waals surface area contributed by atoms with Crippen LogP contribution in [0.3, 0.4) is 0 Å². The molecule has 90 valence electrons. The molecule has 16 heavy (non-hydrogen) atoms. The first-order valence-electron chi connectivity index (χ1n) is 4.77. The summed E-state index contributed by atoms with van der Waals surface area (Å²) in [4.78, 5) is 0.349. The van der Waals surface area contributed by atoms with Crippen molar-refractivity contribution < 1.29 is 17.7 Å². The molecule has 0 aliphatic rings. The number of hydrogen-bond acceptors (Lipinski definition) is 2. The van der Waals surface area contributed by atoms with Crippen molar-refractivity contribution in [2.24, 2.45) is 0 Å². The van der Waals surface area contributed by atoms with Crippen LogP contribution in [-0.4, -0.2) is 11.1 Å². The van der Waals surface area contributed by atoms with Gasteiger partial charge in [-0.1, -0.05) is 6.92 Å². The zero-order valence-electron chi connectivity index (χ0n) is 8.67. The molecule has 0 aromatic heterocycles. The summed E-state index contributed by atoms with van der Waals surface area (Å²) in [6.45, 7) is 2.48. The monoisotopic (exact) mass is 251 g/mol. The van der Waals surface area contributed by atoms with E-state index < -0.39 is 23.1 Å². The lowest BCUT2D eigenvalue weighted by molar-refractivity contribution is -0.137. The molecule has 0 spiro atoms. The van der Waals surface area contributed by atoms with Crippen LogP contribution in [0.2, 0.25) is 0 Å². The van der Waals surface area contributed by atoms with Gasteiger partial charge in [-0.05, 0) is 30.7 Å². The van der Waals surface area contributed by atoms with Gasteiger partial charge in [0.25, 0.3) is 0 Å². The summed E-state index contributed by atoms with van der Waals surface area (Å²) in [5.74, 6) is 0. The van der Waals surface area contributed by atoms with Crippen molar-refractivity contribution in [3.63, 3.8) is 0 Å². The molecule has 2 nitrogen and oxygen atoms in total. The lowest BCUT2D eigenvalue weighted by Crippen LogP contribution is -2.24. The van der Waals surface area contributed by atoms with Crippen molar-refractivity contribution in [3.8, 4) is 0 Å². The molecule has 0 radical (unpaired) electrons. The molecule has 0 aliphatic carbocycles. The molecule has 0 saturated heterocycles. The number of halogens is 3. The normalized spacial score (nSPS) is 13.8. The lowest BCUT2D eigenvalue weighted by Gasteiger charge is -2.11. The smallest absolute Gasteiger partial charge is 0.416 e. The quantitative estimate of drug-likeness (QED) is 0.835. The molecule has 0 aliphatic heterocycles. The van der Waals surface area contributed by atoms with Crippen LogP contribution in [-0.2, 0) is 17.5 Å². The van der Waals surface area contributed by atoms with Gasteiger partial charge in [-0.2, -0.15) is 13.2 Å². The van der Waals surface area contributed by atoms with Gasteiger partial charge in [0.15, 0.2) is 4.90 Å². The Morgan fingerprint density at radius 2 is 1.81 bits per heavy atom. The molecular formula is C10H12F3NOS. The largest absolute Gasteiger partial charge is 0.593 e. The van der Waals surface area contributed by atoms with Crippen molar-refractivity contribution in [1.29, 1.82) is 0 Å². The van der Waals surface area contributed by atoms with E-state index in [4.69, 9.17) is 0 Å². The summed E-state index contributed by atoms with van der Waals surface area (Å²) in [5.41, 5.74) is -0.733. The standard InChI is InChI=1S/C10H12F3NOS/c1-2-7-14-16(15)9-5-3-8(4-6-9)10(11,12)13/h3-6,14H,2,7H2,1H3. The fraction of sp³-hybridized carbons (Fsp3) is 0.400. The molecule has 1 rings (SSSR count). The maximum atomic E-state index is 12.2. The van der Waals surface area contributed by atoms with Crippen molar-refractivity contribution in [2.45, 2.75) is 24.4 Å². The highest BCUT2D eigenvalue weighted by Crippen LogP contribution is 2.29. The Balaban J connectivity index is 2.71. The van der Waals surface area contributed by atoms with Crippen LogP contribution in [0, 0.1) is 0 Å². The predicted molar refractivity (Wildman–Crippen MR) is 56.1 cm³/mol. The molecule has 0 fully saturated rings. The third-order valence-electron chi connectivity index (χ3n) is 1.88. The minimum atomic E-state index is -4.35. The first kappa shape index (κ1) is 13.3. The maximum absolute atomic E-state index is 12.2. The zero-order chi connectivity index (χ0) is 12.2. The van der Waals surface area contributed by atoms with Gasteiger partial charge in [0.05, 0.1) is 16.9 Å². The van der Waals surface area contributed by atoms with Crippen molar-refractivity contribution in [2.75, 3.05) is 6.54 Å². The second kappa shape index (κ2) is 5.56. The molecule has 0 amide bonds. The van der Waals surface area contributed by atoms with Crippen LogP contribution in [0.25, 0.3) is 0 Å². The van der Waals surface area contributed by atoms with Crippen LogP contribution in [0.1, 0.15) is 18.9 Å². The van der Waals surface area contributed by atoms with E-state index in [0.717, 1.165) is 18.6 Å². The molecule has 1 aromatic rings. The van der Waals surface area contributed by atoms with Gasteiger partial charge >= 0.3 is 6.18 Å². The topological polar surface area (TPSA) is 35.1 Å². The van der Waals surface area contributed by atoms with Gasteiger partial charge < -0.3 is 4.55 Å². The highest BCUT2D eigenvalue weighted by molar-refractivity contribution is 7.89. The predicted octanol–water partition coefficient (Wildman–Crippen LogP) is 2.73. The van der Waals surface area contributed by atoms with E-state index in [0.29, 0.717) is 11.4 Å². The first-order chi connectivity index (χ1) is 7.45. The molecule has 1 aromatic carbocycles. The minimum absolute atomic E-state index is 0.349. The minimum Gasteiger partial charge on any atom is -0.593 e. The van der Waals surface area contributed by atoms with E-state index in [1.807, 2.05) is 6.92 Å². The fourth-order valence-electron chi connectivity index (χ4n) is 1.05. The Morgan fingerprint density at radius 1 is 1.25 bits per heavy atom. The number of hydrogen-bond donors (Lipinski definition) is 1. The summed E-state index contributed by atoms with van der Waals surface area (Å²) >= 11 is -1.44.